The summed E-state index contributed by atoms with van der Waals surface area (Å²) in [5.41, 5.74) is 1.43. The Hall–Kier alpha value is -2.61. The average molecular weight is 269 g/mol. The molecule has 0 aliphatic carbocycles. The van der Waals surface area contributed by atoms with E-state index in [9.17, 15) is 9.18 Å². The van der Waals surface area contributed by atoms with Crippen molar-refractivity contribution in [3.63, 3.8) is 0 Å². The zero-order valence-corrected chi connectivity index (χ0v) is 10.9. The maximum absolute atomic E-state index is 13.0. The van der Waals surface area contributed by atoms with Crippen molar-refractivity contribution < 1.29 is 4.39 Å². The highest BCUT2D eigenvalue weighted by atomic mass is 19.1. The third-order valence-corrected chi connectivity index (χ3v) is 3.55. The van der Waals surface area contributed by atoms with Crippen LogP contribution in [-0.2, 0) is 6.54 Å². The Bertz CT molecular complexity index is 771. The lowest BCUT2D eigenvalue weighted by Crippen LogP contribution is -2.22. The van der Waals surface area contributed by atoms with Gasteiger partial charge in [-0.05, 0) is 42.8 Å². The van der Waals surface area contributed by atoms with Crippen LogP contribution in [0.3, 0.4) is 0 Å². The normalized spacial score (nSPS) is 13.2. The second-order valence-electron chi connectivity index (χ2n) is 4.76. The molecule has 0 saturated carbocycles. The molecule has 5 heteroatoms. The van der Waals surface area contributed by atoms with Gasteiger partial charge in [0.05, 0.1) is 0 Å². The minimum Gasteiger partial charge on any atom is -0.326 e. The summed E-state index contributed by atoms with van der Waals surface area (Å²) >= 11 is 0. The number of halogens is 1. The molecule has 2 aromatic rings. The van der Waals surface area contributed by atoms with E-state index in [4.69, 9.17) is 5.26 Å². The molecule has 100 valence electrons. The standard InChI is InChI=1S/C15H12FN3O/c1-10-8-14-18(12-4-2-11(16)3-5-12)6-7-19(14)15(20)13(10)9-17/h2-5,8H,6-7H2,1H3. The Balaban J connectivity index is 2.14. The maximum atomic E-state index is 13.0. The van der Waals surface area contributed by atoms with Crippen molar-refractivity contribution in [1.29, 1.82) is 5.26 Å². The molecule has 0 fully saturated rings. The lowest BCUT2D eigenvalue weighted by atomic mass is 10.1. The molecule has 20 heavy (non-hydrogen) atoms. The van der Waals surface area contributed by atoms with E-state index in [1.807, 2.05) is 17.0 Å². The summed E-state index contributed by atoms with van der Waals surface area (Å²) in [4.78, 5) is 14.2. The fourth-order valence-corrected chi connectivity index (χ4v) is 2.52. The SMILES string of the molecule is Cc1cc2n(c(=O)c1C#N)CCN2c1ccc(F)cc1. The van der Waals surface area contributed by atoms with E-state index in [-0.39, 0.29) is 16.9 Å². The summed E-state index contributed by atoms with van der Waals surface area (Å²) in [6, 6.07) is 9.94. The molecular formula is C15H12FN3O. The van der Waals surface area contributed by atoms with Crippen molar-refractivity contribution >= 4 is 11.5 Å². The number of aryl methyl sites for hydroxylation is 1. The molecule has 1 aromatic carbocycles. The monoisotopic (exact) mass is 269 g/mol. The van der Waals surface area contributed by atoms with E-state index >= 15 is 0 Å². The molecule has 3 rings (SSSR count). The summed E-state index contributed by atoms with van der Waals surface area (Å²) < 4.78 is 14.6. The zero-order valence-electron chi connectivity index (χ0n) is 10.9. The Kier molecular flexibility index (Phi) is 2.79. The highest BCUT2D eigenvalue weighted by molar-refractivity contribution is 5.63. The largest absolute Gasteiger partial charge is 0.326 e. The third-order valence-electron chi connectivity index (χ3n) is 3.55. The molecule has 0 radical (unpaired) electrons. The van der Waals surface area contributed by atoms with Gasteiger partial charge in [-0.1, -0.05) is 0 Å². The maximum Gasteiger partial charge on any atom is 0.270 e. The van der Waals surface area contributed by atoms with Gasteiger partial charge in [0.2, 0.25) is 0 Å². The molecule has 1 aliphatic heterocycles. The van der Waals surface area contributed by atoms with Gasteiger partial charge in [-0.15, -0.1) is 0 Å². The number of anilines is 2. The van der Waals surface area contributed by atoms with Crippen LogP contribution in [0.15, 0.2) is 35.1 Å². The molecule has 1 aromatic heterocycles. The molecule has 0 amide bonds. The third kappa shape index (κ3) is 1.77. The van der Waals surface area contributed by atoms with Gasteiger partial charge >= 0.3 is 0 Å². The van der Waals surface area contributed by atoms with Crippen LogP contribution >= 0.6 is 0 Å². The smallest absolute Gasteiger partial charge is 0.270 e. The van der Waals surface area contributed by atoms with Gasteiger partial charge in [0.25, 0.3) is 5.56 Å². The lowest BCUT2D eigenvalue weighted by molar-refractivity contribution is 0.628. The van der Waals surface area contributed by atoms with Crippen LogP contribution in [0.1, 0.15) is 11.1 Å². The van der Waals surface area contributed by atoms with Crippen LogP contribution in [0, 0.1) is 24.1 Å². The topological polar surface area (TPSA) is 49.0 Å². The minimum atomic E-state index is -0.290. The van der Waals surface area contributed by atoms with Crippen molar-refractivity contribution in [3.8, 4) is 6.07 Å². The Morgan fingerprint density at radius 2 is 1.95 bits per heavy atom. The summed E-state index contributed by atoms with van der Waals surface area (Å²) in [6.45, 7) is 2.91. The highest BCUT2D eigenvalue weighted by Gasteiger charge is 2.23. The lowest BCUT2D eigenvalue weighted by Gasteiger charge is -2.19. The molecule has 0 saturated heterocycles. The van der Waals surface area contributed by atoms with E-state index < -0.39 is 0 Å². The zero-order chi connectivity index (χ0) is 14.3. The van der Waals surface area contributed by atoms with Gasteiger partial charge in [0.1, 0.15) is 23.3 Å². The van der Waals surface area contributed by atoms with E-state index in [1.165, 1.54) is 12.1 Å². The molecule has 0 bridgehead atoms. The van der Waals surface area contributed by atoms with E-state index in [0.717, 1.165) is 11.5 Å². The highest BCUT2D eigenvalue weighted by Crippen LogP contribution is 2.29. The second-order valence-corrected chi connectivity index (χ2v) is 4.76. The number of benzene rings is 1. The predicted octanol–water partition coefficient (Wildman–Crippen LogP) is 2.32. The van der Waals surface area contributed by atoms with Gasteiger partial charge in [0, 0.05) is 18.8 Å². The molecule has 4 nitrogen and oxygen atoms in total. The fourth-order valence-electron chi connectivity index (χ4n) is 2.52. The van der Waals surface area contributed by atoms with E-state index in [1.54, 1.807) is 23.6 Å². The Morgan fingerprint density at radius 1 is 1.25 bits per heavy atom. The first-order chi connectivity index (χ1) is 9.61. The number of pyridine rings is 1. The van der Waals surface area contributed by atoms with Gasteiger partial charge in [-0.25, -0.2) is 4.39 Å². The molecule has 0 unspecified atom stereocenters. The minimum absolute atomic E-state index is 0.190. The number of nitriles is 1. The molecule has 0 atom stereocenters. The van der Waals surface area contributed by atoms with Crippen LogP contribution in [-0.4, -0.2) is 11.1 Å². The van der Waals surface area contributed by atoms with Gasteiger partial charge in [-0.3, -0.25) is 9.36 Å². The summed E-state index contributed by atoms with van der Waals surface area (Å²) in [7, 11) is 0. The molecule has 1 aliphatic rings. The first-order valence-electron chi connectivity index (χ1n) is 6.29. The average Bonchev–Trinajstić information content (AvgIpc) is 2.84. The first kappa shape index (κ1) is 12.4. The van der Waals surface area contributed by atoms with E-state index in [2.05, 4.69) is 0 Å². The first-order valence-corrected chi connectivity index (χ1v) is 6.29. The quantitative estimate of drug-likeness (QED) is 0.798. The van der Waals surface area contributed by atoms with Crippen molar-refractivity contribution in [3.05, 3.63) is 57.6 Å². The van der Waals surface area contributed by atoms with Crippen LogP contribution in [0.25, 0.3) is 0 Å². The Labute approximate surface area is 115 Å². The number of nitrogens with zero attached hydrogens (tertiary/aromatic N) is 3. The van der Waals surface area contributed by atoms with Crippen molar-refractivity contribution in [2.45, 2.75) is 13.5 Å². The van der Waals surface area contributed by atoms with Crippen molar-refractivity contribution in [2.24, 2.45) is 0 Å². The molecule has 2 heterocycles. The van der Waals surface area contributed by atoms with Crippen LogP contribution in [0.2, 0.25) is 0 Å². The molecule has 0 spiro atoms. The number of aromatic nitrogens is 1. The van der Waals surface area contributed by atoms with Crippen LogP contribution < -0.4 is 10.5 Å². The van der Waals surface area contributed by atoms with Crippen LogP contribution in [0.5, 0.6) is 0 Å². The van der Waals surface area contributed by atoms with E-state index in [0.29, 0.717) is 18.7 Å². The summed E-state index contributed by atoms with van der Waals surface area (Å²) in [6.07, 6.45) is 0. The van der Waals surface area contributed by atoms with Crippen molar-refractivity contribution in [2.75, 3.05) is 11.4 Å². The van der Waals surface area contributed by atoms with Crippen molar-refractivity contribution in [1.82, 2.24) is 4.57 Å². The molecular weight excluding hydrogens is 257 g/mol. The second kappa shape index (κ2) is 4.49. The number of rotatable bonds is 1. The van der Waals surface area contributed by atoms with Gasteiger partial charge < -0.3 is 4.90 Å². The van der Waals surface area contributed by atoms with Gasteiger partial charge in [-0.2, -0.15) is 5.26 Å². The fraction of sp³-hybridized carbons (Fsp3) is 0.200. The predicted molar refractivity (Wildman–Crippen MR) is 73.6 cm³/mol. The number of hydrogen-bond donors (Lipinski definition) is 0. The summed E-state index contributed by atoms with van der Waals surface area (Å²) in [5, 5.41) is 9.03. The molecule has 0 N–H and O–H groups in total. The Morgan fingerprint density at radius 3 is 2.60 bits per heavy atom. The van der Waals surface area contributed by atoms with Gasteiger partial charge in [0.15, 0.2) is 0 Å². The summed E-state index contributed by atoms with van der Waals surface area (Å²) in [5.74, 6) is 0.458. The number of hydrogen-bond acceptors (Lipinski definition) is 3. The van der Waals surface area contributed by atoms with Crippen LogP contribution in [0.4, 0.5) is 15.9 Å². The number of fused-ring (bicyclic) bond motifs is 1.